The lowest BCUT2D eigenvalue weighted by Gasteiger charge is -2.31. The molecule has 1 unspecified atom stereocenters. The lowest BCUT2D eigenvalue weighted by Crippen LogP contribution is -2.40. The van der Waals surface area contributed by atoms with Crippen molar-refractivity contribution in [1.29, 1.82) is 0 Å². The second kappa shape index (κ2) is 10.4. The average Bonchev–Trinajstić information content (AvgIpc) is 3.19. The first-order chi connectivity index (χ1) is 15.9. The Morgan fingerprint density at radius 2 is 1.82 bits per heavy atom. The Kier molecular flexibility index (Phi) is 7.33. The predicted molar refractivity (Wildman–Crippen MR) is 131 cm³/mol. The maximum Gasteiger partial charge on any atom is 0.242 e. The SMILES string of the molecule is CC(NC(=O)Cc1ccc(Cl)cc1)c1nc2ccccc2n1CC(=O)N(C)C1CCCCC1. The third kappa shape index (κ3) is 5.56. The monoisotopic (exact) mass is 466 g/mol. The summed E-state index contributed by atoms with van der Waals surface area (Å²) >= 11 is 5.94. The van der Waals surface area contributed by atoms with E-state index in [0.717, 1.165) is 29.4 Å². The van der Waals surface area contributed by atoms with E-state index in [9.17, 15) is 9.59 Å². The summed E-state index contributed by atoms with van der Waals surface area (Å²) in [6.07, 6.45) is 6.00. The number of carbonyl (C=O) groups excluding carboxylic acids is 2. The van der Waals surface area contributed by atoms with E-state index in [1.807, 2.05) is 59.8 Å². The number of rotatable bonds is 7. The number of benzene rings is 2. The molecular formula is C26H31ClN4O2. The summed E-state index contributed by atoms with van der Waals surface area (Å²) in [4.78, 5) is 32.6. The Labute approximate surface area is 199 Å². The topological polar surface area (TPSA) is 67.2 Å². The molecule has 1 aliphatic carbocycles. The van der Waals surface area contributed by atoms with Crippen LogP contribution in [0.2, 0.25) is 5.02 Å². The van der Waals surface area contributed by atoms with Crippen molar-refractivity contribution in [3.63, 3.8) is 0 Å². The summed E-state index contributed by atoms with van der Waals surface area (Å²) in [6.45, 7) is 2.12. The second-order valence-corrected chi connectivity index (χ2v) is 9.37. The molecule has 1 aliphatic rings. The summed E-state index contributed by atoms with van der Waals surface area (Å²) in [5.41, 5.74) is 2.61. The summed E-state index contributed by atoms with van der Waals surface area (Å²) in [5, 5.41) is 3.69. The van der Waals surface area contributed by atoms with Crippen molar-refractivity contribution in [2.24, 2.45) is 0 Å². The quantitative estimate of drug-likeness (QED) is 0.538. The highest BCUT2D eigenvalue weighted by molar-refractivity contribution is 6.30. The minimum Gasteiger partial charge on any atom is -0.346 e. The van der Waals surface area contributed by atoms with Crippen LogP contribution in [0.3, 0.4) is 0 Å². The van der Waals surface area contributed by atoms with Gasteiger partial charge in [0.15, 0.2) is 0 Å². The van der Waals surface area contributed by atoms with Crippen molar-refractivity contribution in [3.05, 3.63) is 64.9 Å². The van der Waals surface area contributed by atoms with Gasteiger partial charge in [0.05, 0.1) is 23.5 Å². The number of imidazole rings is 1. The summed E-state index contributed by atoms with van der Waals surface area (Å²) in [5.74, 6) is 0.658. The van der Waals surface area contributed by atoms with Gasteiger partial charge in [-0.25, -0.2) is 4.98 Å². The molecule has 2 aromatic carbocycles. The van der Waals surface area contributed by atoms with E-state index >= 15 is 0 Å². The van der Waals surface area contributed by atoms with E-state index < -0.39 is 0 Å². The van der Waals surface area contributed by atoms with Crippen LogP contribution in [0.25, 0.3) is 11.0 Å². The van der Waals surface area contributed by atoms with Gasteiger partial charge in [-0.05, 0) is 49.6 Å². The summed E-state index contributed by atoms with van der Waals surface area (Å²) < 4.78 is 1.95. The van der Waals surface area contributed by atoms with Crippen molar-refractivity contribution < 1.29 is 9.59 Å². The molecule has 1 N–H and O–H groups in total. The molecule has 33 heavy (non-hydrogen) atoms. The van der Waals surface area contributed by atoms with E-state index in [4.69, 9.17) is 16.6 Å². The Morgan fingerprint density at radius 3 is 2.55 bits per heavy atom. The Bertz CT molecular complexity index is 1120. The zero-order chi connectivity index (χ0) is 23.4. The van der Waals surface area contributed by atoms with Gasteiger partial charge in [-0.3, -0.25) is 9.59 Å². The fraction of sp³-hybridized carbons (Fsp3) is 0.423. The Hall–Kier alpha value is -2.86. The normalized spacial score (nSPS) is 15.4. The summed E-state index contributed by atoms with van der Waals surface area (Å²) in [7, 11) is 1.91. The number of fused-ring (bicyclic) bond motifs is 1. The molecule has 1 aromatic heterocycles. The highest BCUT2D eigenvalue weighted by Crippen LogP contribution is 2.24. The standard InChI is InChI=1S/C26H31ClN4O2/c1-18(28-24(32)16-19-12-14-20(27)15-13-19)26-29-22-10-6-7-11-23(22)31(26)17-25(33)30(2)21-8-4-3-5-9-21/h6-7,10-15,18,21H,3-5,8-9,16-17H2,1-2H3,(H,28,32). The molecule has 0 aliphatic heterocycles. The maximum absolute atomic E-state index is 13.2. The number of para-hydroxylation sites is 2. The lowest BCUT2D eigenvalue weighted by atomic mass is 9.94. The van der Waals surface area contributed by atoms with Crippen molar-refractivity contribution in [2.75, 3.05) is 7.05 Å². The molecule has 0 saturated heterocycles. The molecule has 0 spiro atoms. The average molecular weight is 467 g/mol. The zero-order valence-electron chi connectivity index (χ0n) is 19.3. The third-order valence-electron chi connectivity index (χ3n) is 6.54. The molecule has 7 heteroatoms. The number of nitrogens with one attached hydrogen (secondary N) is 1. The van der Waals surface area contributed by atoms with E-state index in [-0.39, 0.29) is 30.8 Å². The molecule has 0 radical (unpaired) electrons. The molecular weight excluding hydrogens is 436 g/mol. The zero-order valence-corrected chi connectivity index (χ0v) is 20.0. The van der Waals surface area contributed by atoms with Gasteiger partial charge in [0, 0.05) is 18.1 Å². The molecule has 4 rings (SSSR count). The van der Waals surface area contributed by atoms with Crippen molar-refractivity contribution in [2.45, 2.75) is 64.1 Å². The van der Waals surface area contributed by atoms with Crippen LogP contribution >= 0.6 is 11.6 Å². The van der Waals surface area contributed by atoms with Crippen LogP contribution in [0.5, 0.6) is 0 Å². The molecule has 174 valence electrons. The molecule has 1 fully saturated rings. The fourth-order valence-electron chi connectivity index (χ4n) is 4.65. The van der Waals surface area contributed by atoms with Gasteiger partial charge >= 0.3 is 0 Å². The van der Waals surface area contributed by atoms with Gasteiger partial charge < -0.3 is 14.8 Å². The van der Waals surface area contributed by atoms with Crippen molar-refractivity contribution in [1.82, 2.24) is 19.8 Å². The maximum atomic E-state index is 13.2. The van der Waals surface area contributed by atoms with Crippen LogP contribution in [0.1, 0.15) is 56.5 Å². The number of aromatic nitrogens is 2. The molecule has 6 nitrogen and oxygen atoms in total. The van der Waals surface area contributed by atoms with Gasteiger partial charge in [0.2, 0.25) is 11.8 Å². The van der Waals surface area contributed by atoms with Gasteiger partial charge in [-0.2, -0.15) is 0 Å². The molecule has 1 heterocycles. The van der Waals surface area contributed by atoms with E-state index in [2.05, 4.69) is 5.32 Å². The van der Waals surface area contributed by atoms with Gasteiger partial charge in [-0.1, -0.05) is 55.1 Å². The van der Waals surface area contributed by atoms with Crippen LogP contribution in [0.15, 0.2) is 48.5 Å². The van der Waals surface area contributed by atoms with E-state index in [1.165, 1.54) is 19.3 Å². The number of carbonyl (C=O) groups is 2. The smallest absolute Gasteiger partial charge is 0.242 e. The number of hydrogen-bond acceptors (Lipinski definition) is 3. The van der Waals surface area contributed by atoms with Gasteiger partial charge in [-0.15, -0.1) is 0 Å². The van der Waals surface area contributed by atoms with Crippen LogP contribution in [-0.4, -0.2) is 39.4 Å². The first-order valence-electron chi connectivity index (χ1n) is 11.7. The molecule has 1 atom stereocenters. The number of nitrogens with zero attached hydrogens (tertiary/aromatic N) is 3. The van der Waals surface area contributed by atoms with Gasteiger partial charge in [0.25, 0.3) is 0 Å². The fourth-order valence-corrected chi connectivity index (χ4v) is 4.78. The van der Waals surface area contributed by atoms with Crippen LogP contribution < -0.4 is 5.32 Å². The number of likely N-dealkylation sites (N-methyl/N-ethyl adjacent to an activating group) is 1. The minimum absolute atomic E-state index is 0.0750. The number of hydrogen-bond donors (Lipinski definition) is 1. The molecule has 0 bridgehead atoms. The summed E-state index contributed by atoms with van der Waals surface area (Å²) in [6, 6.07) is 15.0. The van der Waals surface area contributed by atoms with E-state index in [1.54, 1.807) is 12.1 Å². The molecule has 3 aromatic rings. The largest absolute Gasteiger partial charge is 0.346 e. The molecule has 2 amide bonds. The second-order valence-electron chi connectivity index (χ2n) is 8.93. The minimum atomic E-state index is -0.343. The van der Waals surface area contributed by atoms with Crippen LogP contribution in [0, 0.1) is 0 Å². The Balaban J connectivity index is 1.51. The van der Waals surface area contributed by atoms with Crippen LogP contribution in [-0.2, 0) is 22.6 Å². The highest BCUT2D eigenvalue weighted by Gasteiger charge is 2.25. The first-order valence-corrected chi connectivity index (χ1v) is 12.0. The van der Waals surface area contributed by atoms with Crippen molar-refractivity contribution in [3.8, 4) is 0 Å². The van der Waals surface area contributed by atoms with E-state index in [0.29, 0.717) is 16.9 Å². The number of amides is 2. The first kappa shape index (κ1) is 23.3. The van der Waals surface area contributed by atoms with Crippen LogP contribution in [0.4, 0.5) is 0 Å². The lowest BCUT2D eigenvalue weighted by molar-refractivity contribution is -0.133. The predicted octanol–water partition coefficient (Wildman–Crippen LogP) is 4.90. The third-order valence-corrected chi connectivity index (χ3v) is 6.79. The molecule has 1 saturated carbocycles. The van der Waals surface area contributed by atoms with Gasteiger partial charge in [0.1, 0.15) is 12.4 Å². The van der Waals surface area contributed by atoms with Crippen molar-refractivity contribution >= 4 is 34.4 Å². The highest BCUT2D eigenvalue weighted by atomic mass is 35.5. The Morgan fingerprint density at radius 1 is 1.12 bits per heavy atom. The number of halogens is 1.